The van der Waals surface area contributed by atoms with Gasteiger partial charge in [0.25, 0.3) is 5.56 Å². The number of hydrogen-bond donors (Lipinski definition) is 2. The third-order valence-corrected chi connectivity index (χ3v) is 3.54. The Labute approximate surface area is 117 Å². The maximum atomic E-state index is 12.0. The molecule has 3 rings (SSSR count). The van der Waals surface area contributed by atoms with Crippen molar-refractivity contribution in [3.63, 3.8) is 0 Å². The topological polar surface area (TPSA) is 67.0 Å². The molecule has 1 heterocycles. The molecule has 5 nitrogen and oxygen atoms in total. The number of rotatable bonds is 3. The molecule has 5 heteroatoms. The Balaban J connectivity index is 1.87. The van der Waals surface area contributed by atoms with Crippen LogP contribution >= 0.6 is 0 Å². The van der Waals surface area contributed by atoms with Gasteiger partial charge in [-0.3, -0.25) is 9.78 Å². The molecular weight excluding hydrogens is 254 g/mol. The zero-order valence-corrected chi connectivity index (χ0v) is 11.4. The minimum absolute atomic E-state index is 0.0225. The number of aromatic amines is 1. The van der Waals surface area contributed by atoms with Gasteiger partial charge in [-0.2, -0.15) is 0 Å². The summed E-state index contributed by atoms with van der Waals surface area (Å²) in [6.45, 7) is 0. The molecule has 0 spiro atoms. The Morgan fingerprint density at radius 3 is 2.70 bits per heavy atom. The maximum absolute atomic E-state index is 12.0. The van der Waals surface area contributed by atoms with Crippen molar-refractivity contribution in [2.24, 2.45) is 0 Å². The Hall–Kier alpha value is -2.30. The standard InChI is InChI=1S/C15H17N3O2/c1-20-11-8-6-10(7-9-11)16-15-17-13-5-3-2-4-12(13)14(19)18-15/h6-9H,2-5H2,1H3,(H2,16,17,18,19). The smallest absolute Gasteiger partial charge is 0.255 e. The van der Waals surface area contributed by atoms with Gasteiger partial charge in [-0.1, -0.05) is 0 Å². The average molecular weight is 271 g/mol. The first-order valence-electron chi connectivity index (χ1n) is 6.79. The first-order chi connectivity index (χ1) is 9.76. The maximum Gasteiger partial charge on any atom is 0.255 e. The van der Waals surface area contributed by atoms with Crippen LogP contribution in [0.3, 0.4) is 0 Å². The van der Waals surface area contributed by atoms with E-state index < -0.39 is 0 Å². The summed E-state index contributed by atoms with van der Waals surface area (Å²) in [5.74, 6) is 1.29. The largest absolute Gasteiger partial charge is 0.497 e. The summed E-state index contributed by atoms with van der Waals surface area (Å²) < 4.78 is 5.11. The number of methoxy groups -OCH3 is 1. The summed E-state index contributed by atoms with van der Waals surface area (Å²) in [7, 11) is 1.63. The number of ether oxygens (including phenoxy) is 1. The minimum Gasteiger partial charge on any atom is -0.497 e. The SMILES string of the molecule is COc1ccc(Nc2nc3c(c(=O)[nH]2)CCCC3)cc1. The highest BCUT2D eigenvalue weighted by molar-refractivity contribution is 5.54. The molecule has 20 heavy (non-hydrogen) atoms. The molecule has 1 aliphatic carbocycles. The van der Waals surface area contributed by atoms with E-state index in [-0.39, 0.29) is 5.56 Å². The Bertz CT molecular complexity index is 662. The first-order valence-corrected chi connectivity index (χ1v) is 6.79. The van der Waals surface area contributed by atoms with Gasteiger partial charge in [-0.05, 0) is 49.9 Å². The Morgan fingerprint density at radius 2 is 1.95 bits per heavy atom. The lowest BCUT2D eigenvalue weighted by Gasteiger charge is -2.15. The predicted octanol–water partition coefficient (Wildman–Crippen LogP) is 2.40. The highest BCUT2D eigenvalue weighted by atomic mass is 16.5. The number of aryl methyl sites for hydroxylation is 1. The van der Waals surface area contributed by atoms with Crippen LogP contribution in [-0.4, -0.2) is 17.1 Å². The van der Waals surface area contributed by atoms with Crippen molar-refractivity contribution in [2.75, 3.05) is 12.4 Å². The van der Waals surface area contributed by atoms with Crippen LogP contribution in [-0.2, 0) is 12.8 Å². The summed E-state index contributed by atoms with van der Waals surface area (Å²) in [5.41, 5.74) is 2.61. The normalized spacial score (nSPS) is 13.7. The van der Waals surface area contributed by atoms with Crippen molar-refractivity contribution in [3.8, 4) is 5.75 Å². The van der Waals surface area contributed by atoms with E-state index in [1.54, 1.807) is 7.11 Å². The molecule has 0 unspecified atom stereocenters. The van der Waals surface area contributed by atoms with Crippen LogP contribution in [0.4, 0.5) is 11.6 Å². The van der Waals surface area contributed by atoms with Crippen molar-refractivity contribution >= 4 is 11.6 Å². The third kappa shape index (κ3) is 2.52. The summed E-state index contributed by atoms with van der Waals surface area (Å²) in [6.07, 6.45) is 3.89. The molecule has 0 saturated heterocycles. The highest BCUT2D eigenvalue weighted by Crippen LogP contribution is 2.20. The third-order valence-electron chi connectivity index (χ3n) is 3.54. The zero-order valence-electron chi connectivity index (χ0n) is 11.4. The summed E-state index contributed by atoms with van der Waals surface area (Å²) in [5, 5.41) is 3.12. The van der Waals surface area contributed by atoms with Crippen molar-refractivity contribution in [2.45, 2.75) is 25.7 Å². The van der Waals surface area contributed by atoms with Gasteiger partial charge in [-0.15, -0.1) is 0 Å². The Morgan fingerprint density at radius 1 is 1.20 bits per heavy atom. The van der Waals surface area contributed by atoms with Gasteiger partial charge < -0.3 is 10.1 Å². The fraction of sp³-hybridized carbons (Fsp3) is 0.333. The lowest BCUT2D eigenvalue weighted by atomic mass is 9.97. The molecule has 0 aliphatic heterocycles. The second kappa shape index (κ2) is 5.36. The van der Waals surface area contributed by atoms with E-state index >= 15 is 0 Å². The summed E-state index contributed by atoms with van der Waals surface area (Å²) in [6, 6.07) is 7.49. The molecule has 0 saturated carbocycles. The van der Waals surface area contributed by atoms with Crippen LogP contribution in [0.5, 0.6) is 5.75 Å². The van der Waals surface area contributed by atoms with Gasteiger partial charge in [0.15, 0.2) is 0 Å². The van der Waals surface area contributed by atoms with Crippen molar-refractivity contribution < 1.29 is 4.74 Å². The van der Waals surface area contributed by atoms with Crippen molar-refractivity contribution in [1.82, 2.24) is 9.97 Å². The second-order valence-electron chi connectivity index (χ2n) is 4.90. The number of nitrogens with zero attached hydrogens (tertiary/aromatic N) is 1. The van der Waals surface area contributed by atoms with Crippen LogP contribution in [0.1, 0.15) is 24.1 Å². The van der Waals surface area contributed by atoms with Crippen LogP contribution < -0.4 is 15.6 Å². The average Bonchev–Trinajstić information content (AvgIpc) is 2.48. The first kappa shape index (κ1) is 12.7. The molecule has 1 aromatic carbocycles. The van der Waals surface area contributed by atoms with Gasteiger partial charge in [0, 0.05) is 11.3 Å². The fourth-order valence-corrected chi connectivity index (χ4v) is 2.47. The number of nitrogens with one attached hydrogen (secondary N) is 2. The molecule has 1 aromatic heterocycles. The van der Waals surface area contributed by atoms with E-state index in [9.17, 15) is 4.79 Å². The molecule has 0 atom stereocenters. The van der Waals surface area contributed by atoms with Crippen LogP contribution in [0.25, 0.3) is 0 Å². The number of benzene rings is 1. The number of aromatic nitrogens is 2. The second-order valence-corrected chi connectivity index (χ2v) is 4.90. The van der Waals surface area contributed by atoms with Crippen LogP contribution in [0.15, 0.2) is 29.1 Å². The number of hydrogen-bond acceptors (Lipinski definition) is 4. The number of H-pyrrole nitrogens is 1. The molecular formula is C15H17N3O2. The summed E-state index contributed by atoms with van der Waals surface area (Å²) in [4.78, 5) is 19.3. The quantitative estimate of drug-likeness (QED) is 0.899. The monoisotopic (exact) mass is 271 g/mol. The van der Waals surface area contributed by atoms with E-state index in [2.05, 4.69) is 15.3 Å². The van der Waals surface area contributed by atoms with E-state index in [0.29, 0.717) is 5.95 Å². The van der Waals surface area contributed by atoms with Crippen molar-refractivity contribution in [3.05, 3.63) is 45.9 Å². The zero-order chi connectivity index (χ0) is 13.9. The molecule has 104 valence electrons. The molecule has 0 bridgehead atoms. The van der Waals surface area contributed by atoms with Gasteiger partial charge in [0.05, 0.1) is 12.8 Å². The van der Waals surface area contributed by atoms with E-state index in [1.165, 1.54) is 0 Å². The summed E-state index contributed by atoms with van der Waals surface area (Å²) >= 11 is 0. The predicted molar refractivity (Wildman–Crippen MR) is 77.8 cm³/mol. The van der Waals surface area contributed by atoms with E-state index in [1.807, 2.05) is 24.3 Å². The van der Waals surface area contributed by atoms with Gasteiger partial charge >= 0.3 is 0 Å². The molecule has 2 N–H and O–H groups in total. The molecule has 0 amide bonds. The van der Waals surface area contributed by atoms with Crippen LogP contribution in [0, 0.1) is 0 Å². The lowest BCUT2D eigenvalue weighted by Crippen LogP contribution is -2.22. The lowest BCUT2D eigenvalue weighted by molar-refractivity contribution is 0.415. The molecule has 0 radical (unpaired) electrons. The fourth-order valence-electron chi connectivity index (χ4n) is 2.47. The van der Waals surface area contributed by atoms with Gasteiger partial charge in [0.2, 0.25) is 5.95 Å². The van der Waals surface area contributed by atoms with E-state index in [4.69, 9.17) is 4.74 Å². The minimum atomic E-state index is -0.0225. The highest BCUT2D eigenvalue weighted by Gasteiger charge is 2.15. The van der Waals surface area contributed by atoms with Crippen LogP contribution in [0.2, 0.25) is 0 Å². The molecule has 0 fully saturated rings. The van der Waals surface area contributed by atoms with Gasteiger partial charge in [0.1, 0.15) is 5.75 Å². The molecule has 1 aliphatic rings. The molecule has 2 aromatic rings. The van der Waals surface area contributed by atoms with E-state index in [0.717, 1.165) is 48.4 Å². The Kier molecular flexibility index (Phi) is 3.41. The number of anilines is 2. The van der Waals surface area contributed by atoms with Gasteiger partial charge in [-0.25, -0.2) is 4.98 Å². The number of fused-ring (bicyclic) bond motifs is 1. The van der Waals surface area contributed by atoms with Crippen molar-refractivity contribution in [1.29, 1.82) is 0 Å².